The molecule has 3 atom stereocenters. The third-order valence-electron chi connectivity index (χ3n) is 6.44. The maximum atomic E-state index is 13.5. The smallest absolute Gasteiger partial charge is 0.274 e. The molecule has 0 bridgehead atoms. The van der Waals surface area contributed by atoms with Crippen molar-refractivity contribution in [2.24, 2.45) is 17.8 Å². The van der Waals surface area contributed by atoms with E-state index in [1.165, 1.54) is 36.4 Å². The Morgan fingerprint density at radius 2 is 1.71 bits per heavy atom. The summed E-state index contributed by atoms with van der Waals surface area (Å²) in [5, 5.41) is 12.7. The summed E-state index contributed by atoms with van der Waals surface area (Å²) in [4.78, 5) is 63.4. The second-order valence-corrected chi connectivity index (χ2v) is 9.10. The van der Waals surface area contributed by atoms with Crippen molar-refractivity contribution in [2.45, 2.75) is 26.2 Å². The molecule has 2 aromatic carbocycles. The molecular weight excluding hydrogens is 462 g/mol. The first-order chi connectivity index (χ1) is 16.2. The fourth-order valence-corrected chi connectivity index (χ4v) is 4.83. The third kappa shape index (κ3) is 4.31. The summed E-state index contributed by atoms with van der Waals surface area (Å²) in [7, 11) is 0. The number of carbonyl (C=O) groups excluding carboxylic acids is 4. The summed E-state index contributed by atoms with van der Waals surface area (Å²) in [6, 6.07) is 11.1. The van der Waals surface area contributed by atoms with E-state index in [-0.39, 0.29) is 27.8 Å². The maximum Gasteiger partial charge on any atom is 0.274 e. The Balaban J connectivity index is 1.69. The Morgan fingerprint density at radius 1 is 1.06 bits per heavy atom. The number of nitro groups is 1. The number of ketones is 1. The van der Waals surface area contributed by atoms with Crippen LogP contribution in [0.4, 0.5) is 5.69 Å². The van der Waals surface area contributed by atoms with Gasteiger partial charge in [-0.15, -0.1) is 0 Å². The van der Waals surface area contributed by atoms with Crippen LogP contribution in [0.2, 0.25) is 5.02 Å². The molecule has 10 heteroatoms. The standard InChI is InChI=1S/C24H22ClN3O6/c1-14-6-11-17-19(12-14)24(32)27(23(17)31)26(22(30)18-4-2-3-5-20(18)25)13-21(29)15-7-9-16(10-8-15)28(33)34/h2-5,7-10,14,17,19H,6,11-13H2,1H3/t14-,17-,19+/m1/s1. The maximum absolute atomic E-state index is 13.5. The van der Waals surface area contributed by atoms with Crippen LogP contribution in [0.5, 0.6) is 0 Å². The van der Waals surface area contributed by atoms with E-state index in [9.17, 15) is 29.3 Å². The van der Waals surface area contributed by atoms with Gasteiger partial charge in [0, 0.05) is 17.7 Å². The fourth-order valence-electron chi connectivity index (χ4n) is 4.61. The summed E-state index contributed by atoms with van der Waals surface area (Å²) in [6.45, 7) is 1.41. The lowest BCUT2D eigenvalue weighted by atomic mass is 9.76. The van der Waals surface area contributed by atoms with E-state index in [0.29, 0.717) is 12.8 Å². The quantitative estimate of drug-likeness (QED) is 0.266. The van der Waals surface area contributed by atoms with Gasteiger partial charge in [-0.1, -0.05) is 30.7 Å². The first-order valence-electron chi connectivity index (χ1n) is 10.9. The molecule has 1 saturated heterocycles. The molecular formula is C24H22ClN3O6. The van der Waals surface area contributed by atoms with Crippen LogP contribution in [0.1, 0.15) is 46.9 Å². The highest BCUT2D eigenvalue weighted by atomic mass is 35.5. The van der Waals surface area contributed by atoms with Gasteiger partial charge in [0.05, 0.1) is 27.3 Å². The Labute approximate surface area is 200 Å². The number of nitro benzene ring substituents is 1. The minimum Gasteiger partial charge on any atom is -0.292 e. The number of benzene rings is 2. The molecule has 0 N–H and O–H groups in total. The number of hydrazine groups is 1. The topological polar surface area (TPSA) is 118 Å². The van der Waals surface area contributed by atoms with Crippen LogP contribution in [0, 0.1) is 27.9 Å². The van der Waals surface area contributed by atoms with Crippen molar-refractivity contribution in [2.75, 3.05) is 6.54 Å². The van der Waals surface area contributed by atoms with Gasteiger partial charge < -0.3 is 0 Å². The lowest BCUT2D eigenvalue weighted by Crippen LogP contribution is -2.52. The van der Waals surface area contributed by atoms with E-state index < -0.39 is 46.8 Å². The van der Waals surface area contributed by atoms with E-state index in [4.69, 9.17) is 11.6 Å². The number of carbonyl (C=O) groups is 4. The monoisotopic (exact) mass is 483 g/mol. The normalized spacial score (nSPS) is 21.8. The van der Waals surface area contributed by atoms with Gasteiger partial charge in [-0.2, -0.15) is 5.01 Å². The molecule has 1 aliphatic carbocycles. The Bertz CT molecular complexity index is 1180. The largest absolute Gasteiger partial charge is 0.292 e. The highest BCUT2D eigenvalue weighted by Gasteiger charge is 2.53. The molecule has 0 unspecified atom stereocenters. The summed E-state index contributed by atoms with van der Waals surface area (Å²) in [6.07, 6.45) is 1.88. The van der Waals surface area contributed by atoms with Gasteiger partial charge in [0.1, 0.15) is 6.54 Å². The van der Waals surface area contributed by atoms with Crippen LogP contribution in [-0.2, 0) is 9.59 Å². The van der Waals surface area contributed by atoms with Gasteiger partial charge in [-0.25, -0.2) is 5.01 Å². The fraction of sp³-hybridized carbons (Fsp3) is 0.333. The molecule has 3 amide bonds. The van der Waals surface area contributed by atoms with E-state index in [1.807, 2.05) is 6.92 Å². The number of hydrogen-bond acceptors (Lipinski definition) is 6. The number of amides is 3. The summed E-state index contributed by atoms with van der Waals surface area (Å²) >= 11 is 6.20. The molecule has 1 saturated carbocycles. The summed E-state index contributed by atoms with van der Waals surface area (Å²) in [5.74, 6) is -3.13. The zero-order valence-corrected chi connectivity index (χ0v) is 19.1. The van der Waals surface area contributed by atoms with Gasteiger partial charge in [-0.3, -0.25) is 29.3 Å². The van der Waals surface area contributed by atoms with Crippen molar-refractivity contribution in [1.82, 2.24) is 10.0 Å². The average molecular weight is 484 g/mol. The van der Waals surface area contributed by atoms with E-state index in [2.05, 4.69) is 0 Å². The van der Waals surface area contributed by atoms with Gasteiger partial charge in [-0.05, 0) is 49.4 Å². The molecule has 2 aromatic rings. The van der Waals surface area contributed by atoms with Crippen LogP contribution in [0.3, 0.4) is 0 Å². The molecule has 1 heterocycles. The van der Waals surface area contributed by atoms with Crippen molar-refractivity contribution in [3.63, 3.8) is 0 Å². The minimum absolute atomic E-state index is 0.0458. The van der Waals surface area contributed by atoms with E-state index in [1.54, 1.807) is 12.1 Å². The first kappa shape index (κ1) is 23.6. The Kier molecular flexibility index (Phi) is 6.47. The number of Topliss-reactive ketones (excluding diaryl/α,β-unsaturated/α-hetero) is 1. The highest BCUT2D eigenvalue weighted by Crippen LogP contribution is 2.41. The van der Waals surface area contributed by atoms with Crippen molar-refractivity contribution >= 4 is 40.8 Å². The van der Waals surface area contributed by atoms with E-state index in [0.717, 1.165) is 16.4 Å². The number of hydrogen-bond donors (Lipinski definition) is 0. The number of halogens is 1. The van der Waals surface area contributed by atoms with Gasteiger partial charge >= 0.3 is 0 Å². The summed E-state index contributed by atoms with van der Waals surface area (Å²) < 4.78 is 0. The predicted octanol–water partition coefficient (Wildman–Crippen LogP) is 3.91. The molecule has 176 valence electrons. The number of imide groups is 1. The van der Waals surface area contributed by atoms with Crippen LogP contribution < -0.4 is 0 Å². The second kappa shape index (κ2) is 9.34. The van der Waals surface area contributed by atoms with Gasteiger partial charge in [0.15, 0.2) is 5.78 Å². The van der Waals surface area contributed by atoms with Crippen molar-refractivity contribution in [3.05, 3.63) is 74.8 Å². The minimum atomic E-state index is -0.755. The van der Waals surface area contributed by atoms with Crippen molar-refractivity contribution in [1.29, 1.82) is 0 Å². The molecule has 2 fully saturated rings. The lowest BCUT2D eigenvalue weighted by Gasteiger charge is -2.30. The molecule has 2 aliphatic rings. The van der Waals surface area contributed by atoms with Gasteiger partial charge in [0.2, 0.25) is 0 Å². The number of non-ortho nitro benzene ring substituents is 1. The van der Waals surface area contributed by atoms with Gasteiger partial charge in [0.25, 0.3) is 23.4 Å². The lowest BCUT2D eigenvalue weighted by molar-refractivity contribution is -0.384. The molecule has 1 aliphatic heterocycles. The van der Waals surface area contributed by atoms with E-state index >= 15 is 0 Å². The zero-order chi connectivity index (χ0) is 24.6. The van der Waals surface area contributed by atoms with Crippen molar-refractivity contribution in [3.8, 4) is 0 Å². The molecule has 34 heavy (non-hydrogen) atoms. The zero-order valence-electron chi connectivity index (χ0n) is 18.3. The summed E-state index contributed by atoms with van der Waals surface area (Å²) in [5.41, 5.74) is -0.0409. The molecule has 4 rings (SSSR count). The molecule has 0 radical (unpaired) electrons. The molecule has 0 spiro atoms. The number of fused-ring (bicyclic) bond motifs is 1. The van der Waals surface area contributed by atoms with Crippen LogP contribution in [0.25, 0.3) is 0 Å². The number of rotatable bonds is 6. The number of nitrogens with zero attached hydrogens (tertiary/aromatic N) is 3. The first-order valence-corrected chi connectivity index (χ1v) is 11.3. The highest BCUT2D eigenvalue weighted by molar-refractivity contribution is 6.34. The predicted molar refractivity (Wildman–Crippen MR) is 122 cm³/mol. The second-order valence-electron chi connectivity index (χ2n) is 8.69. The Morgan fingerprint density at radius 3 is 2.35 bits per heavy atom. The molecule has 0 aromatic heterocycles. The molecule has 9 nitrogen and oxygen atoms in total. The van der Waals surface area contributed by atoms with Crippen LogP contribution in [0.15, 0.2) is 48.5 Å². The third-order valence-corrected chi connectivity index (χ3v) is 6.77. The van der Waals surface area contributed by atoms with Crippen molar-refractivity contribution < 1.29 is 24.1 Å². The Hall–Kier alpha value is -3.59. The van der Waals surface area contributed by atoms with Crippen LogP contribution in [-0.4, -0.2) is 45.0 Å². The average Bonchev–Trinajstić information content (AvgIpc) is 3.06. The van der Waals surface area contributed by atoms with Crippen LogP contribution >= 0.6 is 11.6 Å². The SMILES string of the molecule is C[C@@H]1CC[C@H]2C(=O)N(N(CC(=O)c3ccc([N+](=O)[O-])cc3)C(=O)c3ccccc3Cl)C(=O)[C@H]2C1.